The fourth-order valence-corrected chi connectivity index (χ4v) is 2.63. The first-order valence-corrected chi connectivity index (χ1v) is 7.12. The Balaban J connectivity index is 1.59. The summed E-state index contributed by atoms with van der Waals surface area (Å²) in [5, 5.41) is 7.09. The monoisotopic (exact) mass is 287 g/mol. The molecule has 1 aromatic carbocycles. The Labute approximate surface area is 123 Å². The van der Waals surface area contributed by atoms with Crippen LogP contribution in [0.25, 0.3) is 0 Å². The molecule has 0 bridgehead atoms. The van der Waals surface area contributed by atoms with Crippen LogP contribution < -0.4 is 5.32 Å². The Bertz CT molecular complexity index is 644. The Morgan fingerprint density at radius 3 is 2.67 bits per heavy atom. The van der Waals surface area contributed by atoms with E-state index in [1.165, 1.54) is 12.1 Å². The highest BCUT2D eigenvalue weighted by Gasteiger charge is 2.50. The van der Waals surface area contributed by atoms with Crippen LogP contribution in [0.15, 0.2) is 36.7 Å². The molecule has 5 heteroatoms. The first-order valence-electron chi connectivity index (χ1n) is 7.12. The third-order valence-electron chi connectivity index (χ3n) is 4.04. The number of carbonyl (C=O) groups is 1. The fraction of sp³-hybridized carbons (Fsp3) is 0.375. The zero-order valence-corrected chi connectivity index (χ0v) is 12.0. The molecule has 0 unspecified atom stereocenters. The average molecular weight is 287 g/mol. The highest BCUT2D eigenvalue weighted by atomic mass is 19.1. The third kappa shape index (κ3) is 2.82. The first-order chi connectivity index (χ1) is 10.1. The highest BCUT2D eigenvalue weighted by Crippen LogP contribution is 2.48. The van der Waals surface area contributed by atoms with E-state index in [1.807, 2.05) is 13.2 Å². The molecule has 1 N–H and O–H groups in total. The molecule has 4 nitrogen and oxygen atoms in total. The maximum absolute atomic E-state index is 13.0. The van der Waals surface area contributed by atoms with E-state index in [0.717, 1.165) is 30.4 Å². The van der Waals surface area contributed by atoms with Crippen LogP contribution in [0.5, 0.6) is 0 Å². The molecule has 1 saturated carbocycles. The molecule has 0 atom stereocenters. The van der Waals surface area contributed by atoms with Gasteiger partial charge in [0.1, 0.15) is 5.82 Å². The summed E-state index contributed by atoms with van der Waals surface area (Å²) in [6.45, 7) is 0.591. The van der Waals surface area contributed by atoms with Crippen LogP contribution in [0.2, 0.25) is 0 Å². The number of benzene rings is 1. The molecule has 3 rings (SSSR count). The Morgan fingerprint density at radius 2 is 2.10 bits per heavy atom. The molecule has 0 saturated heterocycles. The van der Waals surface area contributed by atoms with Gasteiger partial charge >= 0.3 is 0 Å². The quantitative estimate of drug-likeness (QED) is 0.913. The normalized spacial score (nSPS) is 15.7. The largest absolute Gasteiger partial charge is 0.355 e. The highest BCUT2D eigenvalue weighted by molar-refractivity contribution is 5.91. The molecule has 1 fully saturated rings. The maximum atomic E-state index is 13.0. The third-order valence-corrected chi connectivity index (χ3v) is 4.04. The van der Waals surface area contributed by atoms with Gasteiger partial charge in [-0.25, -0.2) is 4.39 Å². The van der Waals surface area contributed by atoms with Crippen molar-refractivity contribution in [2.24, 2.45) is 7.05 Å². The number of hydrogen-bond donors (Lipinski definition) is 1. The summed E-state index contributed by atoms with van der Waals surface area (Å²) in [6, 6.07) is 6.25. The lowest BCUT2D eigenvalue weighted by molar-refractivity contribution is -0.123. The molecular formula is C16H18FN3O. The molecule has 1 aromatic heterocycles. The number of halogens is 1. The second-order valence-electron chi connectivity index (χ2n) is 5.62. The van der Waals surface area contributed by atoms with Crippen molar-refractivity contribution in [2.45, 2.75) is 24.7 Å². The van der Waals surface area contributed by atoms with Gasteiger partial charge in [0.25, 0.3) is 0 Å². The van der Waals surface area contributed by atoms with Crippen molar-refractivity contribution >= 4 is 5.91 Å². The molecule has 1 amide bonds. The van der Waals surface area contributed by atoms with Crippen molar-refractivity contribution < 1.29 is 9.18 Å². The number of amides is 1. The maximum Gasteiger partial charge on any atom is 0.230 e. The van der Waals surface area contributed by atoms with Gasteiger partial charge < -0.3 is 5.32 Å². The van der Waals surface area contributed by atoms with Gasteiger partial charge in [-0.1, -0.05) is 12.1 Å². The lowest BCUT2D eigenvalue weighted by Crippen LogP contribution is -2.35. The van der Waals surface area contributed by atoms with Crippen LogP contribution in [0.3, 0.4) is 0 Å². The topological polar surface area (TPSA) is 46.9 Å². The summed E-state index contributed by atoms with van der Waals surface area (Å²) in [6.07, 6.45) is 6.17. The molecule has 21 heavy (non-hydrogen) atoms. The van der Waals surface area contributed by atoms with Crippen LogP contribution in [-0.4, -0.2) is 22.2 Å². The Morgan fingerprint density at radius 1 is 1.38 bits per heavy atom. The summed E-state index contributed by atoms with van der Waals surface area (Å²) in [5.41, 5.74) is 1.56. The Hall–Kier alpha value is -2.17. The zero-order chi connectivity index (χ0) is 14.9. The number of aromatic nitrogens is 2. The van der Waals surface area contributed by atoms with Gasteiger partial charge in [0.05, 0.1) is 11.6 Å². The van der Waals surface area contributed by atoms with E-state index in [0.29, 0.717) is 6.54 Å². The molecule has 1 heterocycles. The van der Waals surface area contributed by atoms with Crippen LogP contribution in [0.4, 0.5) is 4.39 Å². The summed E-state index contributed by atoms with van der Waals surface area (Å²) in [7, 11) is 1.87. The van der Waals surface area contributed by atoms with Gasteiger partial charge in [0, 0.05) is 19.8 Å². The lowest BCUT2D eigenvalue weighted by atomic mass is 9.95. The smallest absolute Gasteiger partial charge is 0.230 e. The van der Waals surface area contributed by atoms with Gasteiger partial charge in [0.2, 0.25) is 5.91 Å². The molecule has 1 aliphatic rings. The molecule has 0 spiro atoms. The molecule has 110 valence electrons. The van der Waals surface area contributed by atoms with E-state index in [2.05, 4.69) is 10.4 Å². The second kappa shape index (κ2) is 5.31. The van der Waals surface area contributed by atoms with Crippen molar-refractivity contribution in [3.63, 3.8) is 0 Å². The Kier molecular flexibility index (Phi) is 3.49. The van der Waals surface area contributed by atoms with Crippen molar-refractivity contribution in [2.75, 3.05) is 6.54 Å². The number of nitrogens with one attached hydrogen (secondary N) is 1. The number of carbonyl (C=O) groups excluding carboxylic acids is 1. The van der Waals surface area contributed by atoms with Gasteiger partial charge in [-0.15, -0.1) is 0 Å². The fourth-order valence-electron chi connectivity index (χ4n) is 2.63. The van der Waals surface area contributed by atoms with E-state index in [1.54, 1.807) is 23.0 Å². The zero-order valence-electron chi connectivity index (χ0n) is 12.0. The molecule has 0 radical (unpaired) electrons. The van der Waals surface area contributed by atoms with Crippen LogP contribution >= 0.6 is 0 Å². The predicted octanol–water partition coefficient (Wildman–Crippen LogP) is 1.95. The van der Waals surface area contributed by atoms with Gasteiger partial charge in [-0.2, -0.15) is 5.10 Å². The SMILES string of the molecule is Cn1cc(CCNC(=O)C2(c3ccc(F)cc3)CC2)cn1. The minimum Gasteiger partial charge on any atom is -0.355 e. The van der Waals surface area contributed by atoms with E-state index >= 15 is 0 Å². The van der Waals surface area contributed by atoms with E-state index in [4.69, 9.17) is 0 Å². The van der Waals surface area contributed by atoms with Crippen molar-refractivity contribution in [1.29, 1.82) is 0 Å². The predicted molar refractivity (Wildman–Crippen MR) is 77.2 cm³/mol. The van der Waals surface area contributed by atoms with Crippen LogP contribution in [0.1, 0.15) is 24.0 Å². The van der Waals surface area contributed by atoms with E-state index in [-0.39, 0.29) is 11.7 Å². The average Bonchev–Trinajstić information content (AvgIpc) is 3.18. The minimum atomic E-state index is -0.442. The van der Waals surface area contributed by atoms with Crippen LogP contribution in [-0.2, 0) is 23.7 Å². The molecule has 2 aromatic rings. The first kappa shape index (κ1) is 13.8. The summed E-state index contributed by atoms with van der Waals surface area (Å²) >= 11 is 0. The van der Waals surface area contributed by atoms with E-state index in [9.17, 15) is 9.18 Å². The van der Waals surface area contributed by atoms with Gasteiger partial charge in [-0.3, -0.25) is 9.48 Å². The number of rotatable bonds is 5. The molecule has 0 aliphatic heterocycles. The summed E-state index contributed by atoms with van der Waals surface area (Å²) in [4.78, 5) is 12.4. The lowest BCUT2D eigenvalue weighted by Gasteiger charge is -2.15. The van der Waals surface area contributed by atoms with Gasteiger partial charge in [-0.05, 0) is 42.5 Å². The van der Waals surface area contributed by atoms with E-state index < -0.39 is 5.41 Å². The molecular weight excluding hydrogens is 269 g/mol. The second-order valence-corrected chi connectivity index (χ2v) is 5.62. The minimum absolute atomic E-state index is 0.0398. The van der Waals surface area contributed by atoms with Crippen molar-refractivity contribution in [3.8, 4) is 0 Å². The van der Waals surface area contributed by atoms with Crippen molar-refractivity contribution in [3.05, 3.63) is 53.6 Å². The van der Waals surface area contributed by atoms with Gasteiger partial charge in [0.15, 0.2) is 0 Å². The summed E-state index contributed by atoms with van der Waals surface area (Å²) in [5.74, 6) is -0.232. The number of hydrogen-bond acceptors (Lipinski definition) is 2. The summed E-state index contributed by atoms with van der Waals surface area (Å²) < 4.78 is 14.7. The van der Waals surface area contributed by atoms with Crippen molar-refractivity contribution in [1.82, 2.24) is 15.1 Å². The number of aryl methyl sites for hydroxylation is 1. The standard InChI is InChI=1S/C16H18FN3O/c1-20-11-12(10-19-20)6-9-18-15(21)16(7-8-16)13-2-4-14(17)5-3-13/h2-5,10-11H,6-9H2,1H3,(H,18,21). The molecule has 1 aliphatic carbocycles. The van der Waals surface area contributed by atoms with Crippen LogP contribution in [0, 0.1) is 5.82 Å². The number of nitrogens with zero attached hydrogens (tertiary/aromatic N) is 2.